The van der Waals surface area contributed by atoms with Gasteiger partial charge in [0.2, 0.25) is 0 Å². The van der Waals surface area contributed by atoms with Crippen LogP contribution in [0.25, 0.3) is 0 Å². The van der Waals surface area contributed by atoms with Gasteiger partial charge in [-0.25, -0.2) is 4.79 Å². The maximum absolute atomic E-state index is 12.1. The summed E-state index contributed by atoms with van der Waals surface area (Å²) in [5.74, 6) is -1.49. The molecule has 0 radical (unpaired) electrons. The number of carbonyl (C=O) groups excluding carboxylic acids is 1. The molecule has 1 aromatic heterocycles. The molecular weight excluding hydrogens is 270 g/mol. The summed E-state index contributed by atoms with van der Waals surface area (Å²) >= 11 is 0. The van der Waals surface area contributed by atoms with Gasteiger partial charge in [-0.3, -0.25) is 4.79 Å². The van der Waals surface area contributed by atoms with Gasteiger partial charge in [0.1, 0.15) is 5.54 Å². The number of aliphatic carboxylic acids is 1. The second kappa shape index (κ2) is 6.26. The first-order valence-corrected chi connectivity index (χ1v) is 6.71. The molecule has 0 saturated carbocycles. The largest absolute Gasteiger partial charge is 0.479 e. The van der Waals surface area contributed by atoms with Crippen molar-refractivity contribution in [1.82, 2.24) is 5.32 Å². The second-order valence-electron chi connectivity index (χ2n) is 4.83. The Morgan fingerprint density at radius 3 is 2.43 bits per heavy atom. The van der Waals surface area contributed by atoms with Gasteiger partial charge in [0.25, 0.3) is 5.91 Å². The minimum Gasteiger partial charge on any atom is -0.479 e. The van der Waals surface area contributed by atoms with E-state index in [9.17, 15) is 14.7 Å². The molecule has 2 N–H and O–H groups in total. The highest BCUT2D eigenvalue weighted by molar-refractivity contribution is 5.95. The topological polar surface area (TPSA) is 79.5 Å². The molecule has 0 aliphatic heterocycles. The van der Waals surface area contributed by atoms with E-state index >= 15 is 0 Å². The summed E-state index contributed by atoms with van der Waals surface area (Å²) in [5.41, 5.74) is -0.507. The van der Waals surface area contributed by atoms with Crippen molar-refractivity contribution < 1.29 is 19.1 Å². The third-order valence-electron chi connectivity index (χ3n) is 3.46. The lowest BCUT2D eigenvalue weighted by Crippen LogP contribution is -2.55. The lowest BCUT2D eigenvalue weighted by molar-refractivity contribution is -0.144. The van der Waals surface area contributed by atoms with Gasteiger partial charge in [-0.05, 0) is 24.1 Å². The number of rotatable bonds is 6. The third kappa shape index (κ3) is 3.31. The van der Waals surface area contributed by atoms with Crippen LogP contribution >= 0.6 is 0 Å². The van der Waals surface area contributed by atoms with E-state index in [1.54, 1.807) is 13.0 Å². The van der Waals surface area contributed by atoms with Gasteiger partial charge in [0.15, 0.2) is 5.76 Å². The Kier molecular flexibility index (Phi) is 4.42. The van der Waals surface area contributed by atoms with Crippen molar-refractivity contribution in [3.8, 4) is 0 Å². The van der Waals surface area contributed by atoms with E-state index in [1.165, 1.54) is 12.3 Å². The van der Waals surface area contributed by atoms with E-state index in [1.807, 2.05) is 30.3 Å². The molecule has 21 heavy (non-hydrogen) atoms. The molecule has 0 spiro atoms. The molecule has 1 unspecified atom stereocenters. The Hall–Kier alpha value is -2.56. The minimum atomic E-state index is -1.36. The number of carbonyl (C=O) groups is 2. The van der Waals surface area contributed by atoms with Gasteiger partial charge >= 0.3 is 5.97 Å². The highest BCUT2D eigenvalue weighted by atomic mass is 16.4. The number of hydrogen-bond donors (Lipinski definition) is 2. The summed E-state index contributed by atoms with van der Waals surface area (Å²) in [7, 11) is 0. The molecule has 5 nitrogen and oxygen atoms in total. The number of amides is 1. The quantitative estimate of drug-likeness (QED) is 0.855. The standard InChI is InChI=1S/C16H17NO4/c1-2-16(15(19)20,11-12-7-4-3-5-8-12)17-14(18)13-9-6-10-21-13/h3-10H,2,11H2,1H3,(H,17,18)(H,19,20). The average Bonchev–Trinajstić information content (AvgIpc) is 3.01. The highest BCUT2D eigenvalue weighted by Crippen LogP contribution is 2.19. The fraction of sp³-hybridized carbons (Fsp3) is 0.250. The predicted molar refractivity (Wildman–Crippen MR) is 77.0 cm³/mol. The van der Waals surface area contributed by atoms with Crippen molar-refractivity contribution in [2.24, 2.45) is 0 Å². The molecule has 0 bridgehead atoms. The van der Waals surface area contributed by atoms with Crippen molar-refractivity contribution in [2.75, 3.05) is 0 Å². The number of hydrogen-bond acceptors (Lipinski definition) is 3. The van der Waals surface area contributed by atoms with Crippen LogP contribution < -0.4 is 5.32 Å². The van der Waals surface area contributed by atoms with Gasteiger partial charge in [-0.2, -0.15) is 0 Å². The maximum Gasteiger partial charge on any atom is 0.329 e. The Morgan fingerprint density at radius 1 is 1.19 bits per heavy atom. The van der Waals surface area contributed by atoms with Gasteiger partial charge < -0.3 is 14.8 Å². The fourth-order valence-electron chi connectivity index (χ4n) is 2.17. The molecule has 1 heterocycles. The SMILES string of the molecule is CCC(Cc1ccccc1)(NC(=O)c1ccco1)C(=O)O. The van der Waals surface area contributed by atoms with Crippen LogP contribution in [0.2, 0.25) is 0 Å². The molecule has 1 atom stereocenters. The number of nitrogens with one attached hydrogen (secondary N) is 1. The maximum atomic E-state index is 12.1. The van der Waals surface area contributed by atoms with Crippen LogP contribution in [0, 0.1) is 0 Å². The van der Waals surface area contributed by atoms with Crippen LogP contribution in [0.3, 0.4) is 0 Å². The molecule has 0 fully saturated rings. The van der Waals surface area contributed by atoms with Crippen LogP contribution in [0.5, 0.6) is 0 Å². The van der Waals surface area contributed by atoms with Gasteiger partial charge in [0.05, 0.1) is 6.26 Å². The summed E-state index contributed by atoms with van der Waals surface area (Å²) in [6, 6.07) is 12.3. The first-order valence-electron chi connectivity index (χ1n) is 6.71. The summed E-state index contributed by atoms with van der Waals surface area (Å²) in [5, 5.41) is 12.2. The zero-order valence-corrected chi connectivity index (χ0v) is 11.7. The van der Waals surface area contributed by atoms with Crippen LogP contribution in [-0.4, -0.2) is 22.5 Å². The lowest BCUT2D eigenvalue weighted by atomic mass is 9.88. The smallest absolute Gasteiger partial charge is 0.329 e. The fourth-order valence-corrected chi connectivity index (χ4v) is 2.17. The highest BCUT2D eigenvalue weighted by Gasteiger charge is 2.39. The van der Waals surface area contributed by atoms with Crippen LogP contribution in [0.1, 0.15) is 29.5 Å². The molecule has 1 aromatic carbocycles. The third-order valence-corrected chi connectivity index (χ3v) is 3.46. The van der Waals surface area contributed by atoms with E-state index in [2.05, 4.69) is 5.32 Å². The first kappa shape index (κ1) is 14.8. The number of furan rings is 1. The molecular formula is C16H17NO4. The summed E-state index contributed by atoms with van der Waals surface area (Å²) in [4.78, 5) is 23.8. The monoisotopic (exact) mass is 287 g/mol. The summed E-state index contributed by atoms with van der Waals surface area (Å²) in [6.07, 6.45) is 1.86. The van der Waals surface area contributed by atoms with Crippen LogP contribution in [0.4, 0.5) is 0 Å². The summed E-state index contributed by atoms with van der Waals surface area (Å²) in [6.45, 7) is 1.74. The number of carboxylic acid groups (broad SMARTS) is 1. The number of carboxylic acids is 1. The van der Waals surface area contributed by atoms with Crippen molar-refractivity contribution in [2.45, 2.75) is 25.3 Å². The Labute approximate surface area is 122 Å². The van der Waals surface area contributed by atoms with E-state index in [0.717, 1.165) is 5.56 Å². The zero-order valence-electron chi connectivity index (χ0n) is 11.7. The Morgan fingerprint density at radius 2 is 1.90 bits per heavy atom. The zero-order chi connectivity index (χ0) is 15.3. The van der Waals surface area contributed by atoms with Crippen LogP contribution in [-0.2, 0) is 11.2 Å². The van der Waals surface area contributed by atoms with Crippen molar-refractivity contribution in [3.05, 3.63) is 60.1 Å². The minimum absolute atomic E-state index is 0.0992. The van der Waals surface area contributed by atoms with Gasteiger partial charge in [0, 0.05) is 6.42 Å². The summed E-state index contributed by atoms with van der Waals surface area (Å²) < 4.78 is 5.01. The normalized spacial score (nSPS) is 13.4. The molecule has 0 aliphatic rings. The average molecular weight is 287 g/mol. The van der Waals surface area contributed by atoms with Crippen molar-refractivity contribution >= 4 is 11.9 Å². The van der Waals surface area contributed by atoms with Crippen LogP contribution in [0.15, 0.2) is 53.1 Å². The molecule has 1 amide bonds. The first-order chi connectivity index (χ1) is 10.1. The molecule has 0 saturated heterocycles. The molecule has 0 aliphatic carbocycles. The predicted octanol–water partition coefficient (Wildman–Crippen LogP) is 2.49. The lowest BCUT2D eigenvalue weighted by Gasteiger charge is -2.29. The van der Waals surface area contributed by atoms with Crippen molar-refractivity contribution in [1.29, 1.82) is 0 Å². The Bertz CT molecular complexity index is 606. The molecule has 2 aromatic rings. The number of benzene rings is 1. The van der Waals surface area contributed by atoms with E-state index < -0.39 is 17.4 Å². The van der Waals surface area contributed by atoms with Gasteiger partial charge in [-0.15, -0.1) is 0 Å². The van der Waals surface area contributed by atoms with E-state index in [0.29, 0.717) is 0 Å². The van der Waals surface area contributed by atoms with Gasteiger partial charge in [-0.1, -0.05) is 37.3 Å². The molecule has 2 rings (SSSR count). The van der Waals surface area contributed by atoms with Crippen molar-refractivity contribution in [3.63, 3.8) is 0 Å². The Balaban J connectivity index is 2.25. The molecule has 110 valence electrons. The second-order valence-corrected chi connectivity index (χ2v) is 4.83. The van der Waals surface area contributed by atoms with E-state index in [-0.39, 0.29) is 18.6 Å². The molecule has 5 heteroatoms. The van der Waals surface area contributed by atoms with E-state index in [4.69, 9.17) is 4.42 Å².